The molecule has 1 unspecified atom stereocenters. The number of aromatic nitrogens is 1. The number of thiazole rings is 1. The molecule has 1 N–H and O–H groups in total. The van der Waals surface area contributed by atoms with Gasteiger partial charge in [-0.25, -0.2) is 9.37 Å². The molecule has 0 aliphatic heterocycles. The van der Waals surface area contributed by atoms with Crippen LogP contribution in [0.4, 0.5) is 4.39 Å². The van der Waals surface area contributed by atoms with Crippen LogP contribution in [0.15, 0.2) is 35.8 Å². The van der Waals surface area contributed by atoms with E-state index < -0.39 is 0 Å². The maximum Gasteiger partial charge on any atom is 0.123 e. The summed E-state index contributed by atoms with van der Waals surface area (Å²) in [7, 11) is 0. The lowest BCUT2D eigenvalue weighted by atomic mass is 9.96. The van der Waals surface area contributed by atoms with Crippen LogP contribution < -0.4 is 5.32 Å². The summed E-state index contributed by atoms with van der Waals surface area (Å²) in [5.74, 6) is 0.355. The molecule has 0 saturated heterocycles. The molecule has 1 aliphatic carbocycles. The molecule has 2 aromatic rings. The van der Waals surface area contributed by atoms with Crippen molar-refractivity contribution in [1.29, 1.82) is 0 Å². The van der Waals surface area contributed by atoms with E-state index in [1.165, 1.54) is 23.4 Å². The van der Waals surface area contributed by atoms with Crippen molar-refractivity contribution in [3.05, 3.63) is 52.2 Å². The van der Waals surface area contributed by atoms with Gasteiger partial charge in [0.15, 0.2) is 0 Å². The van der Waals surface area contributed by atoms with Crippen molar-refractivity contribution in [2.24, 2.45) is 5.92 Å². The predicted octanol–water partition coefficient (Wildman–Crippen LogP) is 3.44. The first kappa shape index (κ1) is 13.7. The molecule has 3 rings (SSSR count). The van der Waals surface area contributed by atoms with E-state index in [4.69, 9.17) is 0 Å². The van der Waals surface area contributed by atoms with Gasteiger partial charge in [-0.15, -0.1) is 11.3 Å². The van der Waals surface area contributed by atoms with Gasteiger partial charge in [0, 0.05) is 24.0 Å². The third-order valence-corrected chi connectivity index (χ3v) is 4.46. The molecular formula is C16H19FN2S. The number of benzene rings is 1. The monoisotopic (exact) mass is 290 g/mol. The van der Waals surface area contributed by atoms with Crippen molar-refractivity contribution in [2.45, 2.75) is 31.7 Å². The number of halogens is 1. The van der Waals surface area contributed by atoms with E-state index in [-0.39, 0.29) is 5.82 Å². The Morgan fingerprint density at radius 3 is 2.70 bits per heavy atom. The molecule has 1 atom stereocenters. The van der Waals surface area contributed by atoms with E-state index >= 15 is 0 Å². The zero-order valence-corrected chi connectivity index (χ0v) is 12.2. The van der Waals surface area contributed by atoms with Crippen LogP contribution in [0.3, 0.4) is 0 Å². The second-order valence-electron chi connectivity index (χ2n) is 5.51. The molecule has 1 saturated carbocycles. The van der Waals surface area contributed by atoms with E-state index in [1.807, 2.05) is 23.7 Å². The maximum absolute atomic E-state index is 13.0. The molecule has 20 heavy (non-hydrogen) atoms. The Kier molecular flexibility index (Phi) is 4.43. The van der Waals surface area contributed by atoms with E-state index in [0.717, 1.165) is 25.4 Å². The van der Waals surface area contributed by atoms with Gasteiger partial charge in [0.25, 0.3) is 0 Å². The summed E-state index contributed by atoms with van der Waals surface area (Å²) in [5, 5.41) is 6.82. The number of hydrogen-bond acceptors (Lipinski definition) is 3. The van der Waals surface area contributed by atoms with Gasteiger partial charge in [-0.3, -0.25) is 0 Å². The van der Waals surface area contributed by atoms with Crippen molar-refractivity contribution in [2.75, 3.05) is 6.54 Å². The highest BCUT2D eigenvalue weighted by atomic mass is 32.1. The molecule has 1 fully saturated rings. The van der Waals surface area contributed by atoms with Crippen LogP contribution in [-0.4, -0.2) is 17.6 Å². The Bertz CT molecular complexity index is 520. The quantitative estimate of drug-likeness (QED) is 0.845. The summed E-state index contributed by atoms with van der Waals surface area (Å²) in [6.45, 7) is 1.02. The summed E-state index contributed by atoms with van der Waals surface area (Å²) >= 11 is 1.72. The highest BCUT2D eigenvalue weighted by Crippen LogP contribution is 2.21. The first-order valence-corrected chi connectivity index (χ1v) is 8.04. The van der Waals surface area contributed by atoms with Gasteiger partial charge in [-0.2, -0.15) is 0 Å². The van der Waals surface area contributed by atoms with Crippen molar-refractivity contribution in [3.8, 4) is 0 Å². The smallest absolute Gasteiger partial charge is 0.123 e. The fourth-order valence-corrected chi connectivity index (χ4v) is 3.12. The van der Waals surface area contributed by atoms with Crippen molar-refractivity contribution < 1.29 is 4.39 Å². The molecule has 0 spiro atoms. The van der Waals surface area contributed by atoms with Gasteiger partial charge in [0.05, 0.1) is 5.01 Å². The van der Waals surface area contributed by atoms with Crippen LogP contribution >= 0.6 is 11.3 Å². The summed E-state index contributed by atoms with van der Waals surface area (Å²) in [6, 6.07) is 7.60. The summed E-state index contributed by atoms with van der Waals surface area (Å²) in [5.41, 5.74) is 1.20. The molecule has 0 amide bonds. The molecule has 2 nitrogen and oxygen atoms in total. The minimum atomic E-state index is -0.165. The summed E-state index contributed by atoms with van der Waals surface area (Å²) in [4.78, 5) is 4.39. The molecule has 1 heterocycles. The zero-order chi connectivity index (χ0) is 13.8. The lowest BCUT2D eigenvalue weighted by Crippen LogP contribution is -2.27. The number of rotatable bonds is 7. The third-order valence-electron chi connectivity index (χ3n) is 3.66. The molecule has 1 aromatic carbocycles. The SMILES string of the molecule is Fc1ccc(CC(CNC2CC2)Cc2nccs2)cc1. The minimum absolute atomic E-state index is 0.165. The zero-order valence-electron chi connectivity index (χ0n) is 11.4. The highest BCUT2D eigenvalue weighted by molar-refractivity contribution is 7.09. The average Bonchev–Trinajstić information content (AvgIpc) is 3.15. The first-order chi connectivity index (χ1) is 9.79. The van der Waals surface area contributed by atoms with Crippen LogP contribution in [0.25, 0.3) is 0 Å². The molecule has 1 aliphatic rings. The lowest BCUT2D eigenvalue weighted by molar-refractivity contribution is 0.468. The van der Waals surface area contributed by atoms with Crippen LogP contribution in [0, 0.1) is 11.7 Å². The largest absolute Gasteiger partial charge is 0.314 e. The van der Waals surface area contributed by atoms with Crippen LogP contribution in [-0.2, 0) is 12.8 Å². The number of nitrogens with zero attached hydrogens (tertiary/aromatic N) is 1. The van der Waals surface area contributed by atoms with Crippen LogP contribution in [0.5, 0.6) is 0 Å². The molecule has 106 valence electrons. The molecule has 0 bridgehead atoms. The van der Waals surface area contributed by atoms with Gasteiger partial charge in [0.2, 0.25) is 0 Å². The lowest BCUT2D eigenvalue weighted by Gasteiger charge is -2.16. The topological polar surface area (TPSA) is 24.9 Å². The summed E-state index contributed by atoms with van der Waals surface area (Å²) in [6.07, 6.45) is 6.44. The Hall–Kier alpha value is -1.26. The van der Waals surface area contributed by atoms with Gasteiger partial charge in [-0.05, 0) is 49.4 Å². The Balaban J connectivity index is 1.61. The highest BCUT2D eigenvalue weighted by Gasteiger charge is 2.22. The third kappa shape index (κ3) is 4.12. The molecule has 4 heteroatoms. The Labute approximate surface area is 123 Å². The van der Waals surface area contributed by atoms with E-state index in [9.17, 15) is 4.39 Å². The predicted molar refractivity (Wildman–Crippen MR) is 80.4 cm³/mol. The standard InChI is InChI=1S/C16H19FN2S/c17-14-3-1-12(2-4-14)9-13(11-19-15-5-6-15)10-16-18-7-8-20-16/h1-4,7-8,13,15,19H,5-6,9-11H2. The number of hydrogen-bond donors (Lipinski definition) is 1. The van der Waals surface area contributed by atoms with E-state index in [0.29, 0.717) is 5.92 Å². The van der Waals surface area contributed by atoms with Crippen LogP contribution in [0.1, 0.15) is 23.4 Å². The minimum Gasteiger partial charge on any atom is -0.314 e. The summed E-state index contributed by atoms with van der Waals surface area (Å²) < 4.78 is 13.0. The second-order valence-corrected chi connectivity index (χ2v) is 6.49. The van der Waals surface area contributed by atoms with Crippen molar-refractivity contribution in [3.63, 3.8) is 0 Å². The van der Waals surface area contributed by atoms with Gasteiger partial charge < -0.3 is 5.32 Å². The van der Waals surface area contributed by atoms with Crippen LogP contribution in [0.2, 0.25) is 0 Å². The molecular weight excluding hydrogens is 271 g/mol. The Morgan fingerprint density at radius 1 is 1.25 bits per heavy atom. The fourth-order valence-electron chi connectivity index (χ4n) is 2.39. The normalized spacial score (nSPS) is 16.2. The van der Waals surface area contributed by atoms with Crippen molar-refractivity contribution >= 4 is 11.3 Å². The average molecular weight is 290 g/mol. The number of nitrogens with one attached hydrogen (secondary N) is 1. The Morgan fingerprint density at radius 2 is 2.05 bits per heavy atom. The van der Waals surface area contributed by atoms with Gasteiger partial charge >= 0.3 is 0 Å². The van der Waals surface area contributed by atoms with E-state index in [2.05, 4.69) is 10.3 Å². The first-order valence-electron chi connectivity index (χ1n) is 7.16. The molecule has 1 aromatic heterocycles. The fraction of sp³-hybridized carbons (Fsp3) is 0.438. The van der Waals surface area contributed by atoms with Crippen molar-refractivity contribution in [1.82, 2.24) is 10.3 Å². The van der Waals surface area contributed by atoms with Gasteiger partial charge in [-0.1, -0.05) is 12.1 Å². The van der Waals surface area contributed by atoms with E-state index in [1.54, 1.807) is 23.5 Å². The molecule has 0 radical (unpaired) electrons. The maximum atomic E-state index is 13.0. The van der Waals surface area contributed by atoms with Gasteiger partial charge in [0.1, 0.15) is 5.82 Å². The second kappa shape index (κ2) is 6.46.